The van der Waals surface area contributed by atoms with Crippen molar-refractivity contribution in [2.45, 2.75) is 96.3 Å². The zero-order valence-electron chi connectivity index (χ0n) is 18.7. The van der Waals surface area contributed by atoms with E-state index >= 15 is 8.78 Å². The molecule has 0 heterocycles. The maximum Gasteiger partial charge on any atom is 0.129 e. The van der Waals surface area contributed by atoms with E-state index in [-0.39, 0.29) is 17.6 Å². The van der Waals surface area contributed by atoms with Crippen LogP contribution in [0.25, 0.3) is 0 Å². The Bertz CT molecular complexity index is 838. The van der Waals surface area contributed by atoms with Gasteiger partial charge in [-0.1, -0.05) is 44.9 Å². The van der Waals surface area contributed by atoms with E-state index in [1.54, 1.807) is 12.1 Å². The summed E-state index contributed by atoms with van der Waals surface area (Å²) < 4.78 is 30.3. The van der Waals surface area contributed by atoms with Crippen molar-refractivity contribution < 1.29 is 8.78 Å². The van der Waals surface area contributed by atoms with Gasteiger partial charge in [-0.3, -0.25) is 0 Å². The lowest BCUT2D eigenvalue weighted by molar-refractivity contribution is 0.317. The quantitative estimate of drug-likeness (QED) is 0.449. The lowest BCUT2D eigenvalue weighted by atomic mass is 9.76. The van der Waals surface area contributed by atoms with E-state index in [0.29, 0.717) is 11.5 Å². The van der Waals surface area contributed by atoms with Crippen molar-refractivity contribution in [3.63, 3.8) is 0 Å². The molecular weight excluding hydrogens is 374 g/mol. The van der Waals surface area contributed by atoms with Crippen LogP contribution < -0.4 is 0 Å². The van der Waals surface area contributed by atoms with Crippen LogP contribution in [0.5, 0.6) is 0 Å². The fraction of sp³-hybridized carbons (Fsp3) is 0.571. The van der Waals surface area contributed by atoms with Crippen LogP contribution in [-0.2, 0) is 19.3 Å². The second-order valence-corrected chi connectivity index (χ2v) is 9.67. The molecule has 1 unspecified atom stereocenters. The summed E-state index contributed by atoms with van der Waals surface area (Å²) in [6.07, 6.45) is 11.8. The highest BCUT2D eigenvalue weighted by Gasteiger charge is 2.28. The van der Waals surface area contributed by atoms with Crippen molar-refractivity contribution in [3.05, 3.63) is 69.8 Å². The van der Waals surface area contributed by atoms with Gasteiger partial charge in [-0.05, 0) is 110 Å². The molecule has 2 aromatic carbocycles. The largest absolute Gasteiger partial charge is 0.207 e. The van der Waals surface area contributed by atoms with E-state index in [9.17, 15) is 0 Å². The van der Waals surface area contributed by atoms with Gasteiger partial charge in [0.1, 0.15) is 11.6 Å². The van der Waals surface area contributed by atoms with Gasteiger partial charge < -0.3 is 0 Å². The Labute approximate surface area is 181 Å². The Hall–Kier alpha value is -1.70. The Morgan fingerprint density at radius 3 is 2.23 bits per heavy atom. The molecule has 30 heavy (non-hydrogen) atoms. The number of aryl methyl sites for hydroxylation is 2. The van der Waals surface area contributed by atoms with Crippen molar-refractivity contribution in [1.82, 2.24) is 0 Å². The molecule has 2 heteroatoms. The van der Waals surface area contributed by atoms with Crippen LogP contribution >= 0.6 is 0 Å². The molecule has 4 rings (SSSR count). The fourth-order valence-corrected chi connectivity index (χ4v) is 5.72. The van der Waals surface area contributed by atoms with Crippen LogP contribution in [0.4, 0.5) is 8.78 Å². The Kier molecular flexibility index (Phi) is 6.91. The molecule has 0 aromatic heterocycles. The maximum atomic E-state index is 15.1. The van der Waals surface area contributed by atoms with Crippen molar-refractivity contribution in [2.75, 3.05) is 0 Å². The van der Waals surface area contributed by atoms with Gasteiger partial charge in [0.25, 0.3) is 0 Å². The van der Waals surface area contributed by atoms with Crippen LogP contribution in [0.3, 0.4) is 0 Å². The van der Waals surface area contributed by atoms with Crippen LogP contribution in [0.1, 0.15) is 105 Å². The SMILES string of the molecule is CCCCc1ccc2c(c1)CCC(c1c(F)cc(C3CCC(CC)CC3)cc1F)C2. The first-order chi connectivity index (χ1) is 14.6. The van der Waals surface area contributed by atoms with Crippen LogP contribution in [-0.4, -0.2) is 0 Å². The molecule has 0 spiro atoms. The smallest absolute Gasteiger partial charge is 0.129 e. The maximum absolute atomic E-state index is 15.1. The van der Waals surface area contributed by atoms with Crippen molar-refractivity contribution in [3.8, 4) is 0 Å². The molecule has 2 aliphatic rings. The Balaban J connectivity index is 1.49. The van der Waals surface area contributed by atoms with Gasteiger partial charge in [0.05, 0.1) is 0 Å². The van der Waals surface area contributed by atoms with Gasteiger partial charge in [-0.25, -0.2) is 8.78 Å². The van der Waals surface area contributed by atoms with E-state index < -0.39 is 0 Å². The molecule has 1 atom stereocenters. The topological polar surface area (TPSA) is 0 Å². The number of hydrogen-bond acceptors (Lipinski definition) is 0. The first kappa shape index (κ1) is 21.5. The lowest BCUT2D eigenvalue weighted by Gasteiger charge is -2.29. The number of benzene rings is 2. The highest BCUT2D eigenvalue weighted by Crippen LogP contribution is 2.40. The second kappa shape index (κ2) is 9.62. The number of hydrogen-bond donors (Lipinski definition) is 0. The molecule has 162 valence electrons. The summed E-state index contributed by atoms with van der Waals surface area (Å²) in [5, 5.41) is 0. The van der Waals surface area contributed by atoms with E-state index in [1.165, 1.54) is 48.8 Å². The van der Waals surface area contributed by atoms with Gasteiger partial charge in [0.2, 0.25) is 0 Å². The predicted molar refractivity (Wildman–Crippen MR) is 121 cm³/mol. The third kappa shape index (κ3) is 4.63. The molecular formula is C28H36F2. The lowest BCUT2D eigenvalue weighted by Crippen LogP contribution is -2.17. The zero-order chi connectivity index (χ0) is 21.1. The molecule has 0 nitrogen and oxygen atoms in total. The molecule has 2 aromatic rings. The number of fused-ring (bicyclic) bond motifs is 1. The first-order valence-corrected chi connectivity index (χ1v) is 12.2. The number of unbranched alkanes of at least 4 members (excludes halogenated alkanes) is 1. The molecule has 1 fully saturated rings. The van der Waals surface area contributed by atoms with Crippen LogP contribution in [0, 0.1) is 17.6 Å². The summed E-state index contributed by atoms with van der Waals surface area (Å²) in [5.74, 6) is 0.412. The van der Waals surface area contributed by atoms with E-state index in [4.69, 9.17) is 0 Å². The molecule has 0 radical (unpaired) electrons. The highest BCUT2D eigenvalue weighted by atomic mass is 19.1. The van der Waals surface area contributed by atoms with Crippen molar-refractivity contribution in [1.29, 1.82) is 0 Å². The predicted octanol–water partition coefficient (Wildman–Crippen LogP) is 8.26. The summed E-state index contributed by atoms with van der Waals surface area (Å²) >= 11 is 0. The number of rotatable bonds is 6. The van der Waals surface area contributed by atoms with Gasteiger partial charge in [0.15, 0.2) is 0 Å². The Morgan fingerprint density at radius 2 is 1.57 bits per heavy atom. The summed E-state index contributed by atoms with van der Waals surface area (Å²) in [6.45, 7) is 4.46. The minimum absolute atomic E-state index is 0.0520. The molecule has 0 bridgehead atoms. The summed E-state index contributed by atoms with van der Waals surface area (Å²) in [6, 6.07) is 10.0. The monoisotopic (exact) mass is 410 g/mol. The second-order valence-electron chi connectivity index (χ2n) is 9.67. The molecule has 0 amide bonds. The van der Waals surface area contributed by atoms with E-state index in [2.05, 4.69) is 32.0 Å². The van der Waals surface area contributed by atoms with Crippen LogP contribution in [0.15, 0.2) is 30.3 Å². The normalized spacial score (nSPS) is 23.9. The minimum atomic E-state index is -0.323. The molecule has 2 aliphatic carbocycles. The van der Waals surface area contributed by atoms with Gasteiger partial charge in [-0.15, -0.1) is 0 Å². The third-order valence-corrected chi connectivity index (χ3v) is 7.72. The fourth-order valence-electron chi connectivity index (χ4n) is 5.72. The van der Waals surface area contributed by atoms with Gasteiger partial charge in [-0.2, -0.15) is 0 Å². The molecule has 0 saturated heterocycles. The zero-order valence-corrected chi connectivity index (χ0v) is 18.7. The van der Waals surface area contributed by atoms with Crippen molar-refractivity contribution in [2.24, 2.45) is 5.92 Å². The summed E-state index contributed by atoms with van der Waals surface area (Å²) in [4.78, 5) is 0. The molecule has 0 aliphatic heterocycles. The van der Waals surface area contributed by atoms with Crippen LogP contribution in [0.2, 0.25) is 0 Å². The highest BCUT2D eigenvalue weighted by molar-refractivity contribution is 5.39. The van der Waals surface area contributed by atoms with Crippen molar-refractivity contribution >= 4 is 0 Å². The summed E-state index contributed by atoms with van der Waals surface area (Å²) in [5.41, 5.74) is 5.24. The Morgan fingerprint density at radius 1 is 0.833 bits per heavy atom. The average molecular weight is 411 g/mol. The third-order valence-electron chi connectivity index (χ3n) is 7.72. The molecule has 1 saturated carbocycles. The average Bonchev–Trinajstić information content (AvgIpc) is 2.77. The summed E-state index contributed by atoms with van der Waals surface area (Å²) in [7, 11) is 0. The van der Waals surface area contributed by atoms with Gasteiger partial charge in [0, 0.05) is 5.56 Å². The first-order valence-electron chi connectivity index (χ1n) is 12.2. The van der Waals surface area contributed by atoms with E-state index in [1.807, 2.05) is 0 Å². The van der Waals surface area contributed by atoms with E-state index in [0.717, 1.165) is 50.0 Å². The molecule has 0 N–H and O–H groups in total. The standard InChI is InChI=1S/C28H36F2/c1-3-5-6-20-9-12-23-16-24(14-13-22(23)15-20)28-26(29)17-25(18-27(28)30)21-10-7-19(4-2)8-11-21/h9,12,15,17-19,21,24H,3-8,10-11,13-14,16H2,1-2H3. The minimum Gasteiger partial charge on any atom is -0.207 e. The number of halogens is 2. The van der Waals surface area contributed by atoms with Gasteiger partial charge >= 0.3 is 0 Å².